The molecule has 4 rings (SSSR count). The maximum atomic E-state index is 13.2. The van der Waals surface area contributed by atoms with Gasteiger partial charge in [-0.3, -0.25) is 14.3 Å². The van der Waals surface area contributed by atoms with Gasteiger partial charge in [0.1, 0.15) is 5.69 Å². The predicted octanol–water partition coefficient (Wildman–Crippen LogP) is 4.40. The van der Waals surface area contributed by atoms with E-state index in [4.69, 9.17) is 14.0 Å². The molecule has 0 aromatic carbocycles. The van der Waals surface area contributed by atoms with Crippen LogP contribution in [0.1, 0.15) is 99.6 Å². The van der Waals surface area contributed by atoms with Crippen molar-refractivity contribution in [3.63, 3.8) is 0 Å². The van der Waals surface area contributed by atoms with E-state index in [0.29, 0.717) is 23.6 Å². The average molecular weight is 461 g/mol. The predicted molar refractivity (Wildman–Crippen MR) is 123 cm³/mol. The SMILES string of the molecule is Cc1c(C(=O)Nc2c(C)n(C)n(C3CCCCC3)c2=O)noc1[C@H]1OC[C@@](C)(C(C)(C)C)O1. The van der Waals surface area contributed by atoms with E-state index in [1.165, 1.54) is 6.42 Å². The van der Waals surface area contributed by atoms with Crippen molar-refractivity contribution in [3.8, 4) is 0 Å². The van der Waals surface area contributed by atoms with Crippen molar-refractivity contribution >= 4 is 11.6 Å². The molecule has 3 heterocycles. The number of nitrogens with zero attached hydrogens (tertiary/aromatic N) is 3. The normalized spacial score (nSPS) is 24.4. The standard InChI is InChI=1S/C24H36N4O5/c1-14-17(26-33-19(14)22-31-13-24(6,32-22)23(3,4)5)20(29)25-18-15(2)27(7)28(21(18)30)16-11-9-8-10-12-16/h16,22H,8-13H2,1-7H3,(H,25,29)/t22-,24-/m0/s1. The van der Waals surface area contributed by atoms with Gasteiger partial charge in [-0.05, 0) is 39.0 Å². The van der Waals surface area contributed by atoms with Crippen LogP contribution < -0.4 is 10.9 Å². The Morgan fingerprint density at radius 3 is 2.45 bits per heavy atom. The summed E-state index contributed by atoms with van der Waals surface area (Å²) in [4.78, 5) is 26.3. The van der Waals surface area contributed by atoms with E-state index in [-0.39, 0.29) is 28.4 Å². The molecule has 0 spiro atoms. The first kappa shape index (κ1) is 23.8. The fraction of sp³-hybridized carbons (Fsp3) is 0.708. The number of rotatable bonds is 4. The van der Waals surface area contributed by atoms with Gasteiger partial charge in [-0.2, -0.15) is 0 Å². The maximum Gasteiger partial charge on any atom is 0.291 e. The van der Waals surface area contributed by atoms with Crippen molar-refractivity contribution in [3.05, 3.63) is 33.1 Å². The van der Waals surface area contributed by atoms with Crippen LogP contribution in [0.25, 0.3) is 0 Å². The van der Waals surface area contributed by atoms with E-state index in [2.05, 4.69) is 31.2 Å². The molecule has 1 amide bonds. The third-order valence-corrected chi connectivity index (χ3v) is 7.60. The van der Waals surface area contributed by atoms with Crippen molar-refractivity contribution in [2.45, 2.75) is 91.6 Å². The molecular formula is C24H36N4O5. The molecule has 9 heteroatoms. The summed E-state index contributed by atoms with van der Waals surface area (Å²) >= 11 is 0. The third kappa shape index (κ3) is 4.05. The number of anilines is 1. The number of aromatic nitrogens is 3. The Bertz CT molecular complexity index is 1100. The molecule has 1 saturated carbocycles. The molecule has 182 valence electrons. The van der Waals surface area contributed by atoms with E-state index >= 15 is 0 Å². The van der Waals surface area contributed by atoms with Gasteiger partial charge in [0.25, 0.3) is 11.5 Å². The average Bonchev–Trinajstić information content (AvgIpc) is 3.40. The van der Waals surface area contributed by atoms with Crippen LogP contribution in [0.2, 0.25) is 0 Å². The zero-order chi connectivity index (χ0) is 24.1. The summed E-state index contributed by atoms with van der Waals surface area (Å²) in [6.07, 6.45) is 4.66. The summed E-state index contributed by atoms with van der Waals surface area (Å²) in [7, 11) is 1.86. The van der Waals surface area contributed by atoms with Crippen LogP contribution in [0.5, 0.6) is 0 Å². The van der Waals surface area contributed by atoms with Crippen molar-refractivity contribution < 1.29 is 18.8 Å². The summed E-state index contributed by atoms with van der Waals surface area (Å²) < 4.78 is 21.1. The van der Waals surface area contributed by atoms with E-state index in [9.17, 15) is 9.59 Å². The van der Waals surface area contributed by atoms with Crippen LogP contribution >= 0.6 is 0 Å². The second-order valence-corrected chi connectivity index (χ2v) is 10.6. The van der Waals surface area contributed by atoms with Gasteiger partial charge in [0.05, 0.1) is 23.9 Å². The van der Waals surface area contributed by atoms with Crippen LogP contribution in [0.15, 0.2) is 9.32 Å². The molecule has 2 atom stereocenters. The Labute approximate surface area is 194 Å². The lowest BCUT2D eigenvalue weighted by Crippen LogP contribution is -2.42. The quantitative estimate of drug-likeness (QED) is 0.726. The minimum Gasteiger partial charge on any atom is -0.355 e. The Balaban J connectivity index is 1.55. The molecule has 0 unspecified atom stereocenters. The lowest BCUT2D eigenvalue weighted by molar-refractivity contribution is -0.131. The Morgan fingerprint density at radius 1 is 1.18 bits per heavy atom. The Hall–Kier alpha value is -2.39. The van der Waals surface area contributed by atoms with Crippen molar-refractivity contribution in [2.24, 2.45) is 12.5 Å². The van der Waals surface area contributed by atoms with Crippen LogP contribution in [0, 0.1) is 19.3 Å². The van der Waals surface area contributed by atoms with Crippen LogP contribution in [0.3, 0.4) is 0 Å². The zero-order valence-corrected chi connectivity index (χ0v) is 20.8. The second kappa shape index (κ2) is 8.43. The number of nitrogens with one attached hydrogen (secondary N) is 1. The molecule has 1 N–H and O–H groups in total. The van der Waals surface area contributed by atoms with Gasteiger partial charge in [-0.25, -0.2) is 4.68 Å². The van der Waals surface area contributed by atoms with Crippen LogP contribution in [-0.2, 0) is 16.5 Å². The fourth-order valence-electron chi connectivity index (χ4n) is 4.62. The number of amides is 1. The minimum absolute atomic E-state index is 0.119. The molecule has 1 aliphatic heterocycles. The van der Waals surface area contributed by atoms with E-state index < -0.39 is 17.8 Å². The lowest BCUT2D eigenvalue weighted by atomic mass is 9.78. The van der Waals surface area contributed by atoms with Gasteiger partial charge in [0.2, 0.25) is 6.29 Å². The highest BCUT2D eigenvalue weighted by Gasteiger charge is 2.48. The number of ether oxygens (including phenoxy) is 2. The highest BCUT2D eigenvalue weighted by Crippen LogP contribution is 2.44. The number of carbonyl (C=O) groups is 1. The highest BCUT2D eigenvalue weighted by molar-refractivity contribution is 6.04. The fourth-order valence-corrected chi connectivity index (χ4v) is 4.62. The molecular weight excluding hydrogens is 424 g/mol. The third-order valence-electron chi connectivity index (χ3n) is 7.60. The number of hydrogen-bond acceptors (Lipinski definition) is 6. The minimum atomic E-state index is -0.731. The molecule has 0 radical (unpaired) electrons. The van der Waals surface area contributed by atoms with E-state index in [1.807, 2.05) is 25.6 Å². The number of hydrogen-bond donors (Lipinski definition) is 1. The van der Waals surface area contributed by atoms with E-state index in [1.54, 1.807) is 11.6 Å². The summed E-state index contributed by atoms with van der Waals surface area (Å²) in [5.74, 6) is -0.113. The van der Waals surface area contributed by atoms with E-state index in [0.717, 1.165) is 25.7 Å². The van der Waals surface area contributed by atoms with Crippen molar-refractivity contribution in [1.82, 2.24) is 14.5 Å². The first-order valence-corrected chi connectivity index (χ1v) is 11.8. The summed E-state index contributed by atoms with van der Waals surface area (Å²) in [6, 6.07) is 0.162. The molecule has 2 aromatic rings. The maximum absolute atomic E-state index is 13.2. The number of carbonyl (C=O) groups excluding carboxylic acids is 1. The topological polar surface area (TPSA) is 101 Å². The molecule has 9 nitrogen and oxygen atoms in total. The van der Waals surface area contributed by atoms with Gasteiger partial charge in [0, 0.05) is 12.6 Å². The monoisotopic (exact) mass is 460 g/mol. The molecule has 33 heavy (non-hydrogen) atoms. The summed E-state index contributed by atoms with van der Waals surface area (Å²) in [5, 5.41) is 6.77. The van der Waals surface area contributed by atoms with Crippen molar-refractivity contribution in [1.29, 1.82) is 0 Å². The van der Waals surface area contributed by atoms with Gasteiger partial charge >= 0.3 is 0 Å². The largest absolute Gasteiger partial charge is 0.355 e. The summed E-state index contributed by atoms with van der Waals surface area (Å²) in [5.41, 5.74) is 0.837. The zero-order valence-electron chi connectivity index (χ0n) is 20.8. The molecule has 2 fully saturated rings. The van der Waals surface area contributed by atoms with Crippen LogP contribution in [0.4, 0.5) is 5.69 Å². The molecule has 2 aliphatic rings. The van der Waals surface area contributed by atoms with Gasteiger partial charge in [0.15, 0.2) is 11.5 Å². The second-order valence-electron chi connectivity index (χ2n) is 10.6. The van der Waals surface area contributed by atoms with Gasteiger partial charge in [-0.15, -0.1) is 0 Å². The van der Waals surface area contributed by atoms with Crippen LogP contribution in [-0.4, -0.2) is 32.6 Å². The molecule has 1 saturated heterocycles. The lowest BCUT2D eigenvalue weighted by Gasteiger charge is -2.36. The Morgan fingerprint density at radius 2 is 1.85 bits per heavy atom. The Kier molecular flexibility index (Phi) is 6.07. The first-order valence-electron chi connectivity index (χ1n) is 11.8. The first-order chi connectivity index (χ1) is 15.4. The smallest absolute Gasteiger partial charge is 0.291 e. The summed E-state index contributed by atoms with van der Waals surface area (Å²) in [6.45, 7) is 12.3. The van der Waals surface area contributed by atoms with Gasteiger partial charge in [-0.1, -0.05) is 45.2 Å². The highest BCUT2D eigenvalue weighted by atomic mass is 16.7. The molecule has 0 bridgehead atoms. The molecule has 1 aliphatic carbocycles. The molecule has 2 aromatic heterocycles. The van der Waals surface area contributed by atoms with Crippen molar-refractivity contribution in [2.75, 3.05) is 11.9 Å². The van der Waals surface area contributed by atoms with Gasteiger partial charge < -0.3 is 19.3 Å².